The summed E-state index contributed by atoms with van der Waals surface area (Å²) in [6, 6.07) is -7.93. The number of amides is 12. The molecule has 2 fully saturated rings. The fourth-order valence-corrected chi connectivity index (χ4v) is 13.0. The Morgan fingerprint density at radius 2 is 1.00 bits per heavy atom. The number of hydrogen-bond acceptors (Lipinski definition) is 15. The lowest BCUT2D eigenvalue weighted by Crippen LogP contribution is -2.59. The predicted molar refractivity (Wildman–Crippen MR) is 396 cm³/mol. The van der Waals surface area contributed by atoms with Crippen LogP contribution in [-0.2, 0) is 67.0 Å². The minimum absolute atomic E-state index is 0.0252. The van der Waals surface area contributed by atoms with Gasteiger partial charge in [-0.1, -0.05) is 95.4 Å². The second-order valence-corrected chi connectivity index (χ2v) is 32.4. The molecule has 8 atom stereocenters. The molecule has 0 saturated carbocycles. The fraction of sp³-hybridized carbons (Fsp3) is 0.840. The largest absolute Gasteiger partial charge is 0.379 e. The first kappa shape index (κ1) is 91.6. The lowest BCUT2D eigenvalue weighted by Gasteiger charge is -2.38. The first-order valence-corrected chi connectivity index (χ1v) is 37.4. The van der Waals surface area contributed by atoms with Crippen LogP contribution in [0.15, 0.2) is 0 Å². The molecule has 0 bridgehead atoms. The molecule has 27 nitrogen and oxygen atoms in total. The van der Waals surface area contributed by atoms with Crippen molar-refractivity contribution in [3.8, 4) is 0 Å². The Hall–Kier alpha value is -6.48. The molecule has 27 heteroatoms. The first-order valence-electron chi connectivity index (χ1n) is 37.4. The maximum absolute atomic E-state index is 15.1. The lowest BCUT2D eigenvalue weighted by molar-refractivity contribution is -0.152. The van der Waals surface area contributed by atoms with Crippen LogP contribution in [-0.4, -0.2) is 302 Å². The quantitative estimate of drug-likeness (QED) is 0.0916. The van der Waals surface area contributed by atoms with Crippen molar-refractivity contribution in [3.05, 3.63) is 0 Å². The summed E-state index contributed by atoms with van der Waals surface area (Å²) in [7, 11) is 13.2. The summed E-state index contributed by atoms with van der Waals surface area (Å²) in [5.41, 5.74) is -1.05. The highest BCUT2D eigenvalue weighted by Gasteiger charge is 2.42. The van der Waals surface area contributed by atoms with Crippen LogP contribution in [0.2, 0.25) is 0 Å². The Balaban J connectivity index is 2.69. The zero-order chi connectivity index (χ0) is 78.0. The summed E-state index contributed by atoms with van der Waals surface area (Å²) in [5, 5.41) is 8.28. The molecular formula is C75H137N13O14. The number of ether oxygens (including phenoxy) is 2. The number of unbranched alkanes of at least 4 members (excludes halogenated alkanes) is 2. The third-order valence-electron chi connectivity index (χ3n) is 20.1. The number of likely N-dealkylation sites (tertiary alicyclic amines) is 1. The van der Waals surface area contributed by atoms with E-state index in [2.05, 4.69) is 20.9 Å². The first-order chi connectivity index (χ1) is 47.3. The van der Waals surface area contributed by atoms with E-state index in [4.69, 9.17) is 9.47 Å². The van der Waals surface area contributed by atoms with E-state index in [-0.39, 0.29) is 79.6 Å². The van der Waals surface area contributed by atoms with Crippen molar-refractivity contribution in [3.63, 3.8) is 0 Å². The minimum Gasteiger partial charge on any atom is -0.379 e. The number of nitrogens with one attached hydrogen (secondary N) is 3. The van der Waals surface area contributed by atoms with E-state index in [0.717, 1.165) is 56.6 Å². The average molecular weight is 1440 g/mol. The van der Waals surface area contributed by atoms with Gasteiger partial charge >= 0.3 is 0 Å². The van der Waals surface area contributed by atoms with Crippen molar-refractivity contribution in [2.75, 3.05) is 129 Å². The zero-order valence-electron chi connectivity index (χ0n) is 67.5. The summed E-state index contributed by atoms with van der Waals surface area (Å²) < 4.78 is 11.8. The van der Waals surface area contributed by atoms with Crippen molar-refractivity contribution in [2.45, 2.75) is 248 Å². The van der Waals surface area contributed by atoms with Gasteiger partial charge in [0.15, 0.2) is 0 Å². The van der Waals surface area contributed by atoms with E-state index in [1.807, 2.05) is 94.9 Å². The van der Waals surface area contributed by atoms with Crippen LogP contribution < -0.4 is 16.0 Å². The molecule has 12 amide bonds. The van der Waals surface area contributed by atoms with Gasteiger partial charge in [-0.25, -0.2) is 0 Å². The third-order valence-corrected chi connectivity index (χ3v) is 20.1. The van der Waals surface area contributed by atoms with Gasteiger partial charge in [0.2, 0.25) is 70.9 Å². The number of carbonyl (C=O) groups is 12. The van der Waals surface area contributed by atoms with Crippen molar-refractivity contribution in [1.82, 2.24) is 64.9 Å². The highest BCUT2D eigenvalue weighted by atomic mass is 16.5. The highest BCUT2D eigenvalue weighted by molar-refractivity contribution is 5.98. The Labute approximate surface area is 612 Å². The molecule has 586 valence electrons. The summed E-state index contributed by atoms with van der Waals surface area (Å²) in [4.78, 5) is 187. The van der Waals surface area contributed by atoms with Gasteiger partial charge in [-0.2, -0.15) is 0 Å². The molecule has 0 aromatic heterocycles. The summed E-state index contributed by atoms with van der Waals surface area (Å²) >= 11 is 0. The molecule has 3 N–H and O–H groups in total. The lowest BCUT2D eigenvalue weighted by atomic mass is 9.93. The molecule has 0 radical (unpaired) electrons. The molecule has 0 aromatic rings. The van der Waals surface area contributed by atoms with Gasteiger partial charge in [-0.05, 0) is 141 Å². The maximum atomic E-state index is 15.1. The van der Waals surface area contributed by atoms with Gasteiger partial charge in [-0.3, -0.25) is 57.5 Å². The summed E-state index contributed by atoms with van der Waals surface area (Å²) in [6.07, 6.45) is 6.88. The molecule has 2 saturated heterocycles. The van der Waals surface area contributed by atoms with Crippen LogP contribution in [0.5, 0.6) is 0 Å². The van der Waals surface area contributed by atoms with Crippen LogP contribution in [0.3, 0.4) is 0 Å². The number of methoxy groups -OCH3 is 1. The number of carbonyl (C=O) groups excluding carboxylic acids is 12. The average Bonchev–Trinajstić information content (AvgIpc) is 0.862. The van der Waals surface area contributed by atoms with Crippen LogP contribution >= 0.6 is 0 Å². The SMILES string of the molecule is COC(C)(C)CCOC(C)(C)CC(=O)N(CCCCC[C@@H](C)C[C@H]1C(=O)NCC(=O)N(C)CC(=O)N(C)[C@@H](CC(C)C)C(=O)N[C@@H](CC(C)C)C(=O)N(C)[C@@H](CC(C)C)C(=O)N(C)[C@@H](C)C(=O)NCC(=O)N(C)[C@@H](CC(C)C)C(=O)N(C)CC(=O)N(C)[C@@H](C(C)C)C(=O)N1C)CCN1CCCC1. The zero-order valence-corrected chi connectivity index (χ0v) is 67.5. The molecule has 0 aliphatic carbocycles. The minimum atomic E-state index is -1.17. The van der Waals surface area contributed by atoms with Crippen LogP contribution in [0, 0.1) is 35.5 Å². The van der Waals surface area contributed by atoms with E-state index in [1.54, 1.807) is 21.0 Å². The standard InChI is InChI=1S/C75H137N13O14/c1-49(2)39-56-70(97)85(23)60(42-52(7)8)72(99)81(19)55(12)67(94)76-46-63(91)83(21)59(41-51(5)6)71(98)80(18)48-65(93)86(24)66(53(9)10)73(100)84(22)58(68(95)77-45-62(90)79(17)47-64(92)82(20)57(40-50(3)4)69(96)78-56)43-54(11)31-27-26-28-35-88(37-36-87-33-29-30-34-87)61(89)44-75(15,16)102-38-32-74(13,14)101-25/h49-60,66H,26-48H2,1-25H3,(H,76,94)(H,77,95)(H,78,96)/t54-,55+,56+,57+,58+,59+,60+,66+/m1/s1. The molecule has 0 unspecified atom stereocenters. The Kier molecular flexibility index (Phi) is 38.7. The van der Waals surface area contributed by atoms with Gasteiger partial charge in [0.1, 0.15) is 42.3 Å². The van der Waals surface area contributed by atoms with Gasteiger partial charge < -0.3 is 74.4 Å². The van der Waals surface area contributed by atoms with E-state index in [9.17, 15) is 52.7 Å². The maximum Gasteiger partial charge on any atom is 0.246 e. The smallest absolute Gasteiger partial charge is 0.246 e. The highest BCUT2D eigenvalue weighted by Crippen LogP contribution is 2.26. The molecule has 2 aliphatic rings. The third kappa shape index (κ3) is 29.9. The molecule has 0 spiro atoms. The van der Waals surface area contributed by atoms with Gasteiger partial charge in [-0.15, -0.1) is 0 Å². The van der Waals surface area contributed by atoms with E-state index < -0.39 is 145 Å². The predicted octanol–water partition coefficient (Wildman–Crippen LogP) is 4.97. The number of nitrogens with zero attached hydrogens (tertiary/aromatic N) is 10. The Bertz CT molecular complexity index is 2750. The fourth-order valence-electron chi connectivity index (χ4n) is 13.0. The molecule has 2 aliphatic heterocycles. The summed E-state index contributed by atoms with van der Waals surface area (Å²) in [5.74, 6) is -7.95. The van der Waals surface area contributed by atoms with Gasteiger partial charge in [0.25, 0.3) is 0 Å². The van der Waals surface area contributed by atoms with Crippen LogP contribution in [0.4, 0.5) is 0 Å². The van der Waals surface area contributed by atoms with E-state index in [0.29, 0.717) is 32.5 Å². The number of hydrogen-bond donors (Lipinski definition) is 3. The van der Waals surface area contributed by atoms with Crippen molar-refractivity contribution < 1.29 is 67.0 Å². The van der Waals surface area contributed by atoms with E-state index in [1.165, 1.54) is 97.6 Å². The second kappa shape index (κ2) is 43.1. The Morgan fingerprint density at radius 3 is 1.55 bits per heavy atom. The topological polar surface area (TPSA) is 292 Å². The second-order valence-electron chi connectivity index (χ2n) is 32.4. The molecule has 2 heterocycles. The number of likely N-dealkylation sites (N-methyl/N-ethyl adjacent to an activating group) is 8. The van der Waals surface area contributed by atoms with Gasteiger partial charge in [0.05, 0.1) is 50.4 Å². The molecule has 102 heavy (non-hydrogen) atoms. The number of rotatable bonds is 27. The molecular weight excluding hydrogens is 1310 g/mol. The van der Waals surface area contributed by atoms with Crippen molar-refractivity contribution in [2.24, 2.45) is 35.5 Å². The van der Waals surface area contributed by atoms with Crippen LogP contribution in [0.1, 0.15) is 194 Å². The van der Waals surface area contributed by atoms with Crippen molar-refractivity contribution in [1.29, 1.82) is 0 Å². The Morgan fingerprint density at radius 1 is 0.510 bits per heavy atom. The molecule has 2 rings (SSSR count). The molecule has 0 aromatic carbocycles. The van der Waals surface area contributed by atoms with Gasteiger partial charge in [0, 0.05) is 83.1 Å². The normalized spacial score (nSPS) is 23.1. The van der Waals surface area contributed by atoms with Crippen molar-refractivity contribution >= 4 is 70.9 Å². The monoisotopic (exact) mass is 1440 g/mol. The van der Waals surface area contributed by atoms with E-state index >= 15 is 4.79 Å². The van der Waals surface area contributed by atoms with Crippen LogP contribution in [0.25, 0.3) is 0 Å². The summed E-state index contributed by atoms with van der Waals surface area (Å²) in [6.45, 7) is 32.2.